The van der Waals surface area contributed by atoms with Gasteiger partial charge in [0.1, 0.15) is 0 Å². The molecule has 0 spiro atoms. The van der Waals surface area contributed by atoms with Gasteiger partial charge in [-0.3, -0.25) is 4.79 Å². The summed E-state index contributed by atoms with van der Waals surface area (Å²) in [6.07, 6.45) is 2.13. The number of rotatable bonds is 5. The summed E-state index contributed by atoms with van der Waals surface area (Å²) >= 11 is 0. The predicted octanol–water partition coefficient (Wildman–Crippen LogP) is 1.11. The minimum Gasteiger partial charge on any atom is -0.391 e. The van der Waals surface area contributed by atoms with Crippen molar-refractivity contribution in [2.75, 3.05) is 6.54 Å². The van der Waals surface area contributed by atoms with Crippen LogP contribution in [-0.2, 0) is 0 Å². The normalized spacial score (nSPS) is 12.2. The molecule has 0 aromatic carbocycles. The molecule has 1 rings (SSSR count). The molecule has 0 aliphatic rings. The Morgan fingerprint density at radius 1 is 1.69 bits per heavy atom. The number of aliphatic hydroxyl groups excluding tert-OH is 1. The maximum atomic E-state index is 13.1. The molecule has 1 unspecified atom stereocenters. The van der Waals surface area contributed by atoms with E-state index >= 15 is 0 Å². The molecule has 0 saturated carbocycles. The topological polar surface area (TPSA) is 62.2 Å². The quantitative estimate of drug-likeness (QED) is 0.739. The number of nitrogens with zero attached hydrogens (tertiary/aromatic N) is 1. The summed E-state index contributed by atoms with van der Waals surface area (Å²) < 4.78 is 13.1. The average Bonchev–Trinajstić information content (AvgIpc) is 2.27. The van der Waals surface area contributed by atoms with Crippen LogP contribution in [0.4, 0.5) is 4.39 Å². The van der Waals surface area contributed by atoms with E-state index in [0.717, 1.165) is 6.42 Å². The fourth-order valence-corrected chi connectivity index (χ4v) is 1.30. The molecule has 5 heteroatoms. The molecule has 0 fully saturated rings. The van der Waals surface area contributed by atoms with Crippen LogP contribution in [0, 0.1) is 5.95 Å². The van der Waals surface area contributed by atoms with Crippen LogP contribution in [0.5, 0.6) is 0 Å². The van der Waals surface area contributed by atoms with Gasteiger partial charge in [-0.15, -0.1) is 0 Å². The van der Waals surface area contributed by atoms with Crippen molar-refractivity contribution < 1.29 is 14.3 Å². The smallest absolute Gasteiger partial charge is 0.256 e. The van der Waals surface area contributed by atoms with Gasteiger partial charge >= 0.3 is 0 Å². The Bertz CT molecular complexity index is 358. The molecule has 4 nitrogen and oxygen atoms in total. The van der Waals surface area contributed by atoms with Crippen molar-refractivity contribution in [1.29, 1.82) is 0 Å². The SMILES string of the molecule is CCCC(O)CNC(=O)c1cccnc1F. The number of hydrogen-bond acceptors (Lipinski definition) is 3. The van der Waals surface area contributed by atoms with Crippen molar-refractivity contribution in [2.24, 2.45) is 0 Å². The lowest BCUT2D eigenvalue weighted by Crippen LogP contribution is -2.32. The van der Waals surface area contributed by atoms with Gasteiger partial charge in [0.05, 0.1) is 11.7 Å². The van der Waals surface area contributed by atoms with Crippen molar-refractivity contribution in [1.82, 2.24) is 10.3 Å². The summed E-state index contributed by atoms with van der Waals surface area (Å²) in [6, 6.07) is 2.84. The Hall–Kier alpha value is -1.49. The van der Waals surface area contributed by atoms with Crippen LogP contribution < -0.4 is 5.32 Å². The molecule has 0 saturated heterocycles. The highest BCUT2D eigenvalue weighted by molar-refractivity contribution is 5.94. The Kier molecular flexibility index (Phi) is 4.85. The molecule has 16 heavy (non-hydrogen) atoms. The number of halogens is 1. The summed E-state index contributed by atoms with van der Waals surface area (Å²) in [5, 5.41) is 11.8. The second-order valence-electron chi connectivity index (χ2n) is 3.49. The minimum atomic E-state index is -0.801. The summed E-state index contributed by atoms with van der Waals surface area (Å²) in [5.74, 6) is -1.36. The third-order valence-electron chi connectivity index (χ3n) is 2.12. The highest BCUT2D eigenvalue weighted by Crippen LogP contribution is 2.03. The van der Waals surface area contributed by atoms with E-state index in [9.17, 15) is 14.3 Å². The van der Waals surface area contributed by atoms with Crippen molar-refractivity contribution in [3.05, 3.63) is 29.8 Å². The maximum absolute atomic E-state index is 13.1. The largest absolute Gasteiger partial charge is 0.391 e. The lowest BCUT2D eigenvalue weighted by Gasteiger charge is -2.10. The van der Waals surface area contributed by atoms with Gasteiger partial charge in [0.2, 0.25) is 5.95 Å². The Balaban J connectivity index is 2.50. The second-order valence-corrected chi connectivity index (χ2v) is 3.49. The highest BCUT2D eigenvalue weighted by Gasteiger charge is 2.12. The summed E-state index contributed by atoms with van der Waals surface area (Å²) in [6.45, 7) is 2.06. The maximum Gasteiger partial charge on any atom is 0.256 e. The molecule has 1 aromatic rings. The number of aliphatic hydroxyl groups is 1. The Morgan fingerprint density at radius 3 is 3.06 bits per heavy atom. The van der Waals surface area contributed by atoms with Gasteiger partial charge in [-0.1, -0.05) is 13.3 Å². The molecule has 0 aliphatic heterocycles. The molecular formula is C11H15FN2O2. The van der Waals surface area contributed by atoms with Crippen LogP contribution in [0.25, 0.3) is 0 Å². The fraction of sp³-hybridized carbons (Fsp3) is 0.455. The number of carbonyl (C=O) groups excluding carboxylic acids is 1. The van der Waals surface area contributed by atoms with Crippen LogP contribution in [0.2, 0.25) is 0 Å². The molecule has 0 aliphatic carbocycles. The molecule has 1 heterocycles. The van der Waals surface area contributed by atoms with Crippen molar-refractivity contribution >= 4 is 5.91 Å². The number of nitrogens with one attached hydrogen (secondary N) is 1. The number of pyridine rings is 1. The van der Waals surface area contributed by atoms with Gasteiger partial charge in [-0.05, 0) is 18.6 Å². The van der Waals surface area contributed by atoms with Crippen LogP contribution in [0.15, 0.2) is 18.3 Å². The lowest BCUT2D eigenvalue weighted by molar-refractivity contribution is 0.0905. The average molecular weight is 226 g/mol. The van der Waals surface area contributed by atoms with Gasteiger partial charge in [-0.2, -0.15) is 4.39 Å². The van der Waals surface area contributed by atoms with E-state index < -0.39 is 18.0 Å². The first kappa shape index (κ1) is 12.6. The number of aromatic nitrogens is 1. The van der Waals surface area contributed by atoms with Crippen molar-refractivity contribution in [3.63, 3.8) is 0 Å². The second kappa shape index (κ2) is 6.17. The van der Waals surface area contributed by atoms with Crippen LogP contribution in [0.3, 0.4) is 0 Å². The van der Waals surface area contributed by atoms with Gasteiger partial charge in [0.25, 0.3) is 5.91 Å². The van der Waals surface area contributed by atoms with E-state index in [-0.39, 0.29) is 12.1 Å². The fourth-order valence-electron chi connectivity index (χ4n) is 1.30. The molecule has 88 valence electrons. The Morgan fingerprint density at radius 2 is 2.44 bits per heavy atom. The Labute approximate surface area is 93.5 Å². The van der Waals surface area contributed by atoms with E-state index in [1.54, 1.807) is 0 Å². The van der Waals surface area contributed by atoms with E-state index in [1.165, 1.54) is 18.3 Å². The zero-order valence-electron chi connectivity index (χ0n) is 9.11. The summed E-state index contributed by atoms with van der Waals surface area (Å²) in [4.78, 5) is 14.8. The number of hydrogen-bond donors (Lipinski definition) is 2. The summed E-state index contributed by atoms with van der Waals surface area (Å²) in [7, 11) is 0. The van der Waals surface area contributed by atoms with Gasteiger partial charge in [0, 0.05) is 12.7 Å². The molecule has 0 radical (unpaired) electrons. The first-order valence-corrected chi connectivity index (χ1v) is 5.22. The molecule has 1 atom stereocenters. The van der Waals surface area contributed by atoms with Crippen LogP contribution in [-0.4, -0.2) is 28.6 Å². The van der Waals surface area contributed by atoms with E-state index in [1.807, 2.05) is 6.92 Å². The zero-order valence-corrected chi connectivity index (χ0v) is 9.11. The number of carbonyl (C=O) groups is 1. The number of amides is 1. The van der Waals surface area contributed by atoms with Crippen molar-refractivity contribution in [3.8, 4) is 0 Å². The molecule has 1 amide bonds. The first-order valence-electron chi connectivity index (χ1n) is 5.22. The highest BCUT2D eigenvalue weighted by atomic mass is 19.1. The standard InChI is InChI=1S/C11H15FN2O2/c1-2-4-8(15)7-14-11(16)9-5-3-6-13-10(9)12/h3,5-6,8,15H,2,4,7H2,1H3,(H,14,16). The predicted molar refractivity (Wildman–Crippen MR) is 57.4 cm³/mol. The summed E-state index contributed by atoms with van der Waals surface area (Å²) in [5.41, 5.74) is -0.105. The van der Waals surface area contributed by atoms with Crippen LogP contribution in [0.1, 0.15) is 30.1 Å². The lowest BCUT2D eigenvalue weighted by atomic mass is 10.2. The van der Waals surface area contributed by atoms with Crippen molar-refractivity contribution in [2.45, 2.75) is 25.9 Å². The van der Waals surface area contributed by atoms with Crippen LogP contribution >= 0.6 is 0 Å². The third kappa shape index (κ3) is 3.58. The van der Waals surface area contributed by atoms with E-state index in [4.69, 9.17) is 0 Å². The molecule has 2 N–H and O–H groups in total. The third-order valence-corrected chi connectivity index (χ3v) is 2.12. The van der Waals surface area contributed by atoms with Gasteiger partial charge in [-0.25, -0.2) is 4.98 Å². The molecular weight excluding hydrogens is 211 g/mol. The van der Waals surface area contributed by atoms with Gasteiger partial charge in [0.15, 0.2) is 0 Å². The minimum absolute atomic E-state index is 0.105. The zero-order chi connectivity index (χ0) is 12.0. The monoisotopic (exact) mass is 226 g/mol. The van der Waals surface area contributed by atoms with E-state index in [2.05, 4.69) is 10.3 Å². The van der Waals surface area contributed by atoms with Gasteiger partial charge < -0.3 is 10.4 Å². The van der Waals surface area contributed by atoms with E-state index in [0.29, 0.717) is 6.42 Å². The first-order chi connectivity index (χ1) is 7.65. The molecule has 1 aromatic heterocycles. The molecule has 0 bridgehead atoms.